The lowest BCUT2D eigenvalue weighted by Gasteiger charge is -2.05. The summed E-state index contributed by atoms with van der Waals surface area (Å²) in [7, 11) is 0. The highest BCUT2D eigenvalue weighted by Crippen LogP contribution is 2.26. The third-order valence-electron chi connectivity index (χ3n) is 2.86. The molecule has 0 saturated heterocycles. The molecule has 0 saturated carbocycles. The van der Waals surface area contributed by atoms with Crippen molar-refractivity contribution >= 4 is 41.4 Å². The normalized spacial score (nSPS) is 10.3. The zero-order valence-electron chi connectivity index (χ0n) is 13.0. The topological polar surface area (TPSA) is 67.2 Å². The van der Waals surface area contributed by atoms with Crippen molar-refractivity contribution in [3.05, 3.63) is 29.3 Å². The maximum absolute atomic E-state index is 11.7. The zero-order chi connectivity index (χ0) is 15.6. The van der Waals surface area contributed by atoms with Gasteiger partial charge >= 0.3 is 0 Å². The summed E-state index contributed by atoms with van der Waals surface area (Å²) in [6.07, 6.45) is 1.11. The molecule has 0 unspecified atom stereocenters. The summed E-state index contributed by atoms with van der Waals surface area (Å²) in [6, 6.07) is 5.92. The van der Waals surface area contributed by atoms with Gasteiger partial charge in [0, 0.05) is 24.9 Å². The molecule has 8 heteroatoms. The van der Waals surface area contributed by atoms with E-state index in [0.717, 1.165) is 35.8 Å². The van der Waals surface area contributed by atoms with E-state index in [1.165, 1.54) is 0 Å². The predicted octanol–water partition coefficient (Wildman–Crippen LogP) is 3.17. The Bertz CT molecular complexity index is 561. The predicted molar refractivity (Wildman–Crippen MR) is 99.4 cm³/mol. The van der Waals surface area contributed by atoms with E-state index in [1.807, 2.05) is 23.6 Å². The molecule has 23 heavy (non-hydrogen) atoms. The average molecular weight is 376 g/mol. The number of nitrogens with zero attached hydrogens (tertiary/aromatic N) is 1. The SMILES string of the molecule is CCCNCCNC(=O)CSCc1cc(-c2cccs2)on1.Cl. The largest absolute Gasteiger partial charge is 0.355 e. The lowest BCUT2D eigenvalue weighted by molar-refractivity contribution is -0.118. The Morgan fingerprint density at radius 2 is 2.26 bits per heavy atom. The summed E-state index contributed by atoms with van der Waals surface area (Å²) in [5.41, 5.74) is 0.866. The van der Waals surface area contributed by atoms with E-state index >= 15 is 0 Å². The lowest BCUT2D eigenvalue weighted by Crippen LogP contribution is -2.33. The zero-order valence-corrected chi connectivity index (χ0v) is 15.5. The van der Waals surface area contributed by atoms with Gasteiger partial charge in [-0.2, -0.15) is 0 Å². The van der Waals surface area contributed by atoms with Gasteiger partial charge in [0.15, 0.2) is 5.76 Å². The molecular formula is C15H22ClN3O2S2. The number of nitrogens with one attached hydrogen (secondary N) is 2. The summed E-state index contributed by atoms with van der Waals surface area (Å²) in [6.45, 7) is 4.60. The van der Waals surface area contributed by atoms with Crippen LogP contribution in [0.15, 0.2) is 28.1 Å². The van der Waals surface area contributed by atoms with E-state index in [-0.39, 0.29) is 18.3 Å². The number of amides is 1. The van der Waals surface area contributed by atoms with Crippen LogP contribution in [-0.2, 0) is 10.5 Å². The molecule has 0 radical (unpaired) electrons. The Morgan fingerprint density at radius 3 is 3.00 bits per heavy atom. The molecule has 0 aliphatic carbocycles. The van der Waals surface area contributed by atoms with Crippen LogP contribution in [0.2, 0.25) is 0 Å². The quantitative estimate of drug-likeness (QED) is 0.624. The van der Waals surface area contributed by atoms with Crippen molar-refractivity contribution in [1.29, 1.82) is 0 Å². The second-order valence-corrected chi connectivity index (χ2v) is 6.69. The van der Waals surface area contributed by atoms with Gasteiger partial charge in [0.05, 0.1) is 16.3 Å². The molecule has 0 aromatic carbocycles. The summed E-state index contributed by atoms with van der Waals surface area (Å²) in [5, 5.41) is 12.2. The Morgan fingerprint density at radius 1 is 1.39 bits per heavy atom. The summed E-state index contributed by atoms with van der Waals surface area (Å²) >= 11 is 3.16. The fourth-order valence-corrected chi connectivity index (χ4v) is 3.21. The molecule has 2 aromatic heterocycles. The van der Waals surface area contributed by atoms with Gasteiger partial charge in [-0.1, -0.05) is 18.1 Å². The van der Waals surface area contributed by atoms with Crippen molar-refractivity contribution in [3.8, 4) is 10.6 Å². The van der Waals surface area contributed by atoms with E-state index in [2.05, 4.69) is 22.7 Å². The van der Waals surface area contributed by atoms with Crippen molar-refractivity contribution < 1.29 is 9.32 Å². The third kappa shape index (κ3) is 7.39. The number of thiophene rings is 1. The molecule has 0 spiro atoms. The molecule has 0 aliphatic heterocycles. The van der Waals surface area contributed by atoms with Gasteiger partial charge in [0.25, 0.3) is 0 Å². The number of hydrogen-bond donors (Lipinski definition) is 2. The van der Waals surface area contributed by atoms with Crippen LogP contribution in [0.4, 0.5) is 0 Å². The smallest absolute Gasteiger partial charge is 0.230 e. The van der Waals surface area contributed by atoms with Crippen LogP contribution in [-0.4, -0.2) is 36.5 Å². The van der Waals surface area contributed by atoms with E-state index in [4.69, 9.17) is 4.52 Å². The van der Waals surface area contributed by atoms with Gasteiger partial charge in [0.2, 0.25) is 5.91 Å². The third-order valence-corrected chi connectivity index (χ3v) is 4.71. The van der Waals surface area contributed by atoms with Gasteiger partial charge in [-0.25, -0.2) is 0 Å². The van der Waals surface area contributed by atoms with Crippen LogP contribution in [0.25, 0.3) is 10.6 Å². The Kier molecular flexibility index (Phi) is 10.0. The van der Waals surface area contributed by atoms with Crippen LogP contribution in [0.1, 0.15) is 19.0 Å². The first-order chi connectivity index (χ1) is 10.8. The molecule has 2 rings (SSSR count). The summed E-state index contributed by atoms with van der Waals surface area (Å²) < 4.78 is 5.31. The molecule has 0 fully saturated rings. The highest BCUT2D eigenvalue weighted by Gasteiger charge is 2.08. The first kappa shape index (κ1) is 20.0. The van der Waals surface area contributed by atoms with E-state index in [1.54, 1.807) is 23.1 Å². The maximum atomic E-state index is 11.7. The van der Waals surface area contributed by atoms with Crippen molar-refractivity contribution in [2.24, 2.45) is 0 Å². The fourth-order valence-electron chi connectivity index (χ4n) is 1.81. The minimum Gasteiger partial charge on any atom is -0.355 e. The number of aromatic nitrogens is 1. The number of rotatable bonds is 10. The number of thioether (sulfide) groups is 1. The summed E-state index contributed by atoms with van der Waals surface area (Å²) in [5.74, 6) is 1.97. The molecule has 0 aliphatic rings. The molecule has 1 amide bonds. The van der Waals surface area contributed by atoms with Crippen LogP contribution < -0.4 is 10.6 Å². The monoisotopic (exact) mass is 375 g/mol. The van der Waals surface area contributed by atoms with Gasteiger partial charge < -0.3 is 15.2 Å². The molecule has 2 heterocycles. The number of hydrogen-bond acceptors (Lipinski definition) is 6. The van der Waals surface area contributed by atoms with E-state index < -0.39 is 0 Å². The molecule has 0 bridgehead atoms. The van der Waals surface area contributed by atoms with Gasteiger partial charge in [-0.05, 0) is 24.4 Å². The van der Waals surface area contributed by atoms with Crippen molar-refractivity contribution in [3.63, 3.8) is 0 Å². The second-order valence-electron chi connectivity index (χ2n) is 4.75. The molecule has 5 nitrogen and oxygen atoms in total. The molecule has 2 aromatic rings. The van der Waals surface area contributed by atoms with Crippen molar-refractivity contribution in [2.75, 3.05) is 25.4 Å². The van der Waals surface area contributed by atoms with Crippen molar-refractivity contribution in [1.82, 2.24) is 15.8 Å². The first-order valence-electron chi connectivity index (χ1n) is 7.34. The standard InChI is InChI=1S/C15H21N3O2S2.ClH/c1-2-5-16-6-7-17-15(19)11-21-10-12-9-13(20-18-12)14-4-3-8-22-14;/h3-4,8-9,16H,2,5-7,10-11H2,1H3,(H,17,19);1H. The van der Waals surface area contributed by atoms with Crippen LogP contribution in [0.3, 0.4) is 0 Å². The Labute approximate surface area is 151 Å². The highest BCUT2D eigenvalue weighted by molar-refractivity contribution is 7.99. The molecular weight excluding hydrogens is 354 g/mol. The van der Waals surface area contributed by atoms with Gasteiger partial charge in [-0.15, -0.1) is 35.5 Å². The summed E-state index contributed by atoms with van der Waals surface area (Å²) in [4.78, 5) is 12.7. The molecule has 0 atom stereocenters. The fraction of sp³-hybridized carbons (Fsp3) is 0.467. The van der Waals surface area contributed by atoms with Crippen LogP contribution >= 0.6 is 35.5 Å². The van der Waals surface area contributed by atoms with E-state index in [9.17, 15) is 4.79 Å². The number of carbonyl (C=O) groups is 1. The van der Waals surface area contributed by atoms with Crippen LogP contribution in [0.5, 0.6) is 0 Å². The maximum Gasteiger partial charge on any atom is 0.230 e. The Hall–Kier alpha value is -1.02. The van der Waals surface area contributed by atoms with Gasteiger partial charge in [-0.3, -0.25) is 4.79 Å². The molecule has 2 N–H and O–H groups in total. The second kappa shape index (κ2) is 11.5. The van der Waals surface area contributed by atoms with Gasteiger partial charge in [0.1, 0.15) is 0 Å². The first-order valence-corrected chi connectivity index (χ1v) is 9.37. The lowest BCUT2D eigenvalue weighted by atomic mass is 10.3. The Balaban J connectivity index is 0.00000264. The minimum absolute atomic E-state index is 0. The minimum atomic E-state index is 0. The highest BCUT2D eigenvalue weighted by atomic mass is 35.5. The van der Waals surface area contributed by atoms with E-state index in [0.29, 0.717) is 18.1 Å². The van der Waals surface area contributed by atoms with Crippen LogP contribution in [0, 0.1) is 0 Å². The number of carbonyl (C=O) groups excluding carboxylic acids is 1. The average Bonchev–Trinajstić information content (AvgIpc) is 3.18. The molecule has 128 valence electrons. The van der Waals surface area contributed by atoms with Crippen molar-refractivity contribution in [2.45, 2.75) is 19.1 Å². The number of halogens is 1.